The standard InChI is InChI=1S/C14H22O9/c1-5-19-11(15)9(12(16)20-6-2)23-10(13(17)21-7-3)14(18)22-8-4/h9-10H,5-8H2,1-4H3. The van der Waals surface area contributed by atoms with Gasteiger partial charge < -0.3 is 23.7 Å². The molecule has 0 N–H and O–H groups in total. The van der Waals surface area contributed by atoms with Crippen LogP contribution < -0.4 is 0 Å². The van der Waals surface area contributed by atoms with E-state index in [2.05, 4.69) is 18.9 Å². The third-order valence-corrected chi connectivity index (χ3v) is 2.27. The Balaban J connectivity index is 5.30. The number of carbonyl (C=O) groups excluding carboxylic acids is 4. The van der Waals surface area contributed by atoms with Crippen molar-refractivity contribution in [2.24, 2.45) is 0 Å². The summed E-state index contributed by atoms with van der Waals surface area (Å²) < 4.78 is 23.7. The highest BCUT2D eigenvalue weighted by molar-refractivity contribution is 6.01. The average Bonchev–Trinajstić information content (AvgIpc) is 2.48. The van der Waals surface area contributed by atoms with Gasteiger partial charge in [0.2, 0.25) is 0 Å². The van der Waals surface area contributed by atoms with E-state index in [9.17, 15) is 19.2 Å². The SMILES string of the molecule is CCOC(=O)C(OC(C(=O)OCC)C(=O)OCC)C(=O)OCC. The van der Waals surface area contributed by atoms with Crippen molar-refractivity contribution in [3.05, 3.63) is 0 Å². The van der Waals surface area contributed by atoms with E-state index in [1.165, 1.54) is 27.7 Å². The van der Waals surface area contributed by atoms with Gasteiger partial charge in [-0.05, 0) is 27.7 Å². The Labute approximate surface area is 134 Å². The summed E-state index contributed by atoms with van der Waals surface area (Å²) >= 11 is 0. The van der Waals surface area contributed by atoms with E-state index < -0.39 is 36.1 Å². The fourth-order valence-electron chi connectivity index (χ4n) is 1.42. The summed E-state index contributed by atoms with van der Waals surface area (Å²) in [6.45, 7) is 5.98. The molecule has 0 heterocycles. The lowest BCUT2D eigenvalue weighted by Crippen LogP contribution is -2.45. The monoisotopic (exact) mass is 334 g/mol. The molecule has 0 fully saturated rings. The predicted octanol–water partition coefficient (Wildman–Crippen LogP) is -0.00740. The quantitative estimate of drug-likeness (QED) is 0.309. The van der Waals surface area contributed by atoms with Crippen molar-refractivity contribution in [2.75, 3.05) is 26.4 Å². The summed E-state index contributed by atoms with van der Waals surface area (Å²) in [6.07, 6.45) is -3.79. The van der Waals surface area contributed by atoms with Crippen LogP contribution in [-0.2, 0) is 42.9 Å². The molecule has 0 radical (unpaired) electrons. The van der Waals surface area contributed by atoms with Crippen LogP contribution in [0.5, 0.6) is 0 Å². The summed E-state index contributed by atoms with van der Waals surface area (Å²) in [5.74, 6) is -4.32. The van der Waals surface area contributed by atoms with Crippen molar-refractivity contribution >= 4 is 23.9 Å². The summed E-state index contributed by atoms with van der Waals surface area (Å²) in [6, 6.07) is 0. The summed E-state index contributed by atoms with van der Waals surface area (Å²) in [7, 11) is 0. The third kappa shape index (κ3) is 7.09. The number of hydrogen-bond donors (Lipinski definition) is 0. The van der Waals surface area contributed by atoms with Gasteiger partial charge in [0.25, 0.3) is 12.2 Å². The van der Waals surface area contributed by atoms with Gasteiger partial charge in [0.05, 0.1) is 26.4 Å². The fraction of sp³-hybridized carbons (Fsp3) is 0.714. The Morgan fingerprint density at radius 3 is 0.957 bits per heavy atom. The van der Waals surface area contributed by atoms with E-state index >= 15 is 0 Å². The zero-order chi connectivity index (χ0) is 17.8. The summed E-state index contributed by atoms with van der Waals surface area (Å²) in [4.78, 5) is 47.2. The van der Waals surface area contributed by atoms with Crippen molar-refractivity contribution in [3.8, 4) is 0 Å². The van der Waals surface area contributed by atoms with E-state index in [0.717, 1.165) is 0 Å². The Morgan fingerprint density at radius 2 is 0.783 bits per heavy atom. The first kappa shape index (κ1) is 20.8. The van der Waals surface area contributed by atoms with E-state index in [1.807, 2.05) is 0 Å². The first-order chi connectivity index (χ1) is 10.9. The van der Waals surface area contributed by atoms with Crippen molar-refractivity contribution < 1.29 is 42.9 Å². The third-order valence-electron chi connectivity index (χ3n) is 2.27. The van der Waals surface area contributed by atoms with Crippen LogP contribution in [0.25, 0.3) is 0 Å². The highest BCUT2D eigenvalue weighted by atomic mass is 16.6. The molecular weight excluding hydrogens is 312 g/mol. The van der Waals surface area contributed by atoms with Gasteiger partial charge in [0.1, 0.15) is 0 Å². The second-order valence-corrected chi connectivity index (χ2v) is 3.90. The lowest BCUT2D eigenvalue weighted by molar-refractivity contribution is -0.189. The van der Waals surface area contributed by atoms with Crippen LogP contribution in [0.4, 0.5) is 0 Å². The number of rotatable bonds is 10. The second-order valence-electron chi connectivity index (χ2n) is 3.90. The molecule has 0 rings (SSSR count). The van der Waals surface area contributed by atoms with Crippen LogP contribution in [0.2, 0.25) is 0 Å². The maximum atomic E-state index is 11.8. The molecule has 0 bridgehead atoms. The van der Waals surface area contributed by atoms with Crippen molar-refractivity contribution in [2.45, 2.75) is 39.9 Å². The fourth-order valence-corrected chi connectivity index (χ4v) is 1.42. The predicted molar refractivity (Wildman–Crippen MR) is 75.2 cm³/mol. The number of ether oxygens (including phenoxy) is 5. The second kappa shape index (κ2) is 11.4. The van der Waals surface area contributed by atoms with Gasteiger partial charge in [-0.25, -0.2) is 19.2 Å². The molecule has 0 saturated carbocycles. The van der Waals surface area contributed by atoms with E-state index in [0.29, 0.717) is 0 Å². The van der Waals surface area contributed by atoms with Crippen molar-refractivity contribution in [1.29, 1.82) is 0 Å². The highest BCUT2D eigenvalue weighted by Gasteiger charge is 2.40. The van der Waals surface area contributed by atoms with Crippen LogP contribution in [0.15, 0.2) is 0 Å². The van der Waals surface area contributed by atoms with Gasteiger partial charge in [-0.3, -0.25) is 0 Å². The lowest BCUT2D eigenvalue weighted by Gasteiger charge is -2.20. The topological polar surface area (TPSA) is 114 Å². The Hall–Kier alpha value is -2.16. The van der Waals surface area contributed by atoms with Crippen molar-refractivity contribution in [3.63, 3.8) is 0 Å². The molecule has 0 atom stereocenters. The summed E-state index contributed by atoms with van der Waals surface area (Å²) in [5.41, 5.74) is 0. The average molecular weight is 334 g/mol. The Bertz CT molecular complexity index is 344. The minimum atomic E-state index is -1.89. The van der Waals surface area contributed by atoms with Gasteiger partial charge in [0, 0.05) is 0 Å². The first-order valence-corrected chi connectivity index (χ1v) is 7.24. The number of esters is 4. The normalized spacial score (nSPS) is 10.3. The van der Waals surface area contributed by atoms with Gasteiger partial charge >= 0.3 is 23.9 Å². The van der Waals surface area contributed by atoms with Crippen LogP contribution in [0.3, 0.4) is 0 Å². The van der Waals surface area contributed by atoms with Gasteiger partial charge in [-0.2, -0.15) is 0 Å². The molecule has 132 valence electrons. The van der Waals surface area contributed by atoms with Gasteiger partial charge in [-0.15, -0.1) is 0 Å². The van der Waals surface area contributed by atoms with E-state index in [4.69, 9.17) is 4.74 Å². The summed E-state index contributed by atoms with van der Waals surface area (Å²) in [5, 5.41) is 0. The smallest absolute Gasteiger partial charge is 0.347 e. The molecule has 9 heteroatoms. The molecule has 0 unspecified atom stereocenters. The molecule has 0 spiro atoms. The molecule has 0 saturated heterocycles. The molecule has 23 heavy (non-hydrogen) atoms. The van der Waals surface area contributed by atoms with Crippen LogP contribution in [0, 0.1) is 0 Å². The van der Waals surface area contributed by atoms with Crippen molar-refractivity contribution in [1.82, 2.24) is 0 Å². The van der Waals surface area contributed by atoms with Crippen LogP contribution in [0.1, 0.15) is 27.7 Å². The van der Waals surface area contributed by atoms with Gasteiger partial charge in [-0.1, -0.05) is 0 Å². The number of hydrogen-bond acceptors (Lipinski definition) is 9. The maximum absolute atomic E-state index is 11.8. The minimum absolute atomic E-state index is 0.0262. The Morgan fingerprint density at radius 1 is 0.565 bits per heavy atom. The Kier molecular flexibility index (Phi) is 10.3. The highest BCUT2D eigenvalue weighted by Crippen LogP contribution is 2.08. The molecule has 0 aliphatic heterocycles. The molecular formula is C14H22O9. The van der Waals surface area contributed by atoms with E-state index in [1.54, 1.807) is 0 Å². The molecule has 0 aliphatic rings. The zero-order valence-electron chi connectivity index (χ0n) is 13.7. The number of carbonyl (C=O) groups is 4. The lowest BCUT2D eigenvalue weighted by atomic mass is 10.3. The molecule has 0 aromatic rings. The largest absolute Gasteiger partial charge is 0.464 e. The molecule has 0 aliphatic carbocycles. The molecule has 0 amide bonds. The van der Waals surface area contributed by atoms with Gasteiger partial charge in [0.15, 0.2) is 0 Å². The first-order valence-electron chi connectivity index (χ1n) is 7.24. The molecule has 0 aromatic heterocycles. The molecule has 0 aromatic carbocycles. The zero-order valence-corrected chi connectivity index (χ0v) is 13.7. The maximum Gasteiger partial charge on any atom is 0.347 e. The minimum Gasteiger partial charge on any atom is -0.464 e. The molecule has 9 nitrogen and oxygen atoms in total. The van der Waals surface area contributed by atoms with E-state index in [-0.39, 0.29) is 26.4 Å². The van der Waals surface area contributed by atoms with Crippen LogP contribution >= 0.6 is 0 Å². The van der Waals surface area contributed by atoms with Crippen LogP contribution in [-0.4, -0.2) is 62.5 Å².